The van der Waals surface area contributed by atoms with E-state index in [4.69, 9.17) is 4.98 Å². The van der Waals surface area contributed by atoms with Gasteiger partial charge in [-0.1, -0.05) is 72.3 Å². The van der Waals surface area contributed by atoms with Crippen LogP contribution in [0.25, 0.3) is 16.5 Å². The van der Waals surface area contributed by atoms with Gasteiger partial charge in [-0.25, -0.2) is 0 Å². The molecule has 1 amide bonds. The minimum absolute atomic E-state index is 0.0896. The predicted molar refractivity (Wildman–Crippen MR) is 152 cm³/mol. The van der Waals surface area contributed by atoms with Gasteiger partial charge in [-0.05, 0) is 61.6 Å². The smallest absolute Gasteiger partial charge is 0.253 e. The Hall–Kier alpha value is -3.76. The minimum atomic E-state index is 0.0896. The Morgan fingerprint density at radius 1 is 0.811 bits per heavy atom. The highest BCUT2D eigenvalue weighted by molar-refractivity contribution is 5.98. The molecule has 2 heterocycles. The molecule has 0 unspecified atom stereocenters. The zero-order valence-electron chi connectivity index (χ0n) is 21.9. The number of pyridine rings is 1. The molecule has 4 heteroatoms. The van der Waals surface area contributed by atoms with Crippen molar-refractivity contribution in [1.82, 2.24) is 14.8 Å². The number of nitrogens with zero attached hydrogens (tertiary/aromatic N) is 3. The Labute approximate surface area is 220 Å². The van der Waals surface area contributed by atoms with Crippen molar-refractivity contribution in [1.29, 1.82) is 0 Å². The quantitative estimate of drug-likeness (QED) is 0.286. The molecule has 3 aromatic carbocycles. The molecule has 1 aromatic heterocycles. The third-order valence-electron chi connectivity index (χ3n) is 7.44. The molecule has 1 fully saturated rings. The average Bonchev–Trinajstić information content (AvgIpc) is 2.96. The molecule has 0 aliphatic carbocycles. The van der Waals surface area contributed by atoms with Gasteiger partial charge in [-0.2, -0.15) is 0 Å². The van der Waals surface area contributed by atoms with Crippen LogP contribution >= 0.6 is 0 Å². The van der Waals surface area contributed by atoms with Gasteiger partial charge in [0.2, 0.25) is 0 Å². The fraction of sp³-hybridized carbons (Fsp3) is 0.273. The van der Waals surface area contributed by atoms with Crippen LogP contribution in [-0.2, 0) is 6.54 Å². The highest BCUT2D eigenvalue weighted by Crippen LogP contribution is 2.36. The number of fused-ring (bicyclic) bond motifs is 1. The van der Waals surface area contributed by atoms with Gasteiger partial charge in [0.25, 0.3) is 5.91 Å². The van der Waals surface area contributed by atoms with E-state index in [-0.39, 0.29) is 5.91 Å². The number of rotatable bonds is 7. The molecule has 5 rings (SSSR count). The SMILES string of the molecule is CCN(CC)C(=O)c1ccc(C(=C2CCN(Cc3ccccc3)CC2)c2cccc3cccnc23)cc1. The molecule has 4 nitrogen and oxygen atoms in total. The first kappa shape index (κ1) is 24.9. The summed E-state index contributed by atoms with van der Waals surface area (Å²) >= 11 is 0. The van der Waals surface area contributed by atoms with Gasteiger partial charge in [-0.3, -0.25) is 14.7 Å². The number of hydrogen-bond acceptors (Lipinski definition) is 3. The van der Waals surface area contributed by atoms with Gasteiger partial charge in [0.15, 0.2) is 0 Å². The van der Waals surface area contributed by atoms with E-state index < -0.39 is 0 Å². The van der Waals surface area contributed by atoms with E-state index in [2.05, 4.69) is 71.6 Å². The standard InChI is InChI=1S/C33H35N3O/c1-3-36(4-2)33(37)29-17-15-26(16-18-29)31(30-14-8-12-28-13-9-21-34-32(28)30)27-19-22-35(23-20-27)24-25-10-6-5-7-11-25/h5-18,21H,3-4,19-20,22-24H2,1-2H3. The minimum Gasteiger partial charge on any atom is -0.339 e. The Morgan fingerprint density at radius 3 is 2.19 bits per heavy atom. The summed E-state index contributed by atoms with van der Waals surface area (Å²) in [6.07, 6.45) is 3.92. The van der Waals surface area contributed by atoms with E-state index in [1.54, 1.807) is 0 Å². The van der Waals surface area contributed by atoms with Crippen LogP contribution in [0.2, 0.25) is 0 Å². The van der Waals surface area contributed by atoms with Gasteiger partial charge >= 0.3 is 0 Å². The largest absolute Gasteiger partial charge is 0.339 e. The highest BCUT2D eigenvalue weighted by Gasteiger charge is 2.21. The Morgan fingerprint density at radius 2 is 1.49 bits per heavy atom. The molecule has 1 aliphatic heterocycles. The second kappa shape index (κ2) is 11.5. The zero-order valence-corrected chi connectivity index (χ0v) is 21.9. The monoisotopic (exact) mass is 489 g/mol. The zero-order chi connectivity index (χ0) is 25.6. The number of likely N-dealkylation sites (tertiary alicyclic amines) is 1. The molecule has 0 bridgehead atoms. The fourth-order valence-electron chi connectivity index (χ4n) is 5.40. The lowest BCUT2D eigenvalue weighted by atomic mass is 9.87. The van der Waals surface area contributed by atoms with E-state index >= 15 is 0 Å². The maximum Gasteiger partial charge on any atom is 0.253 e. The molecule has 0 radical (unpaired) electrons. The summed E-state index contributed by atoms with van der Waals surface area (Å²) in [7, 11) is 0. The number of carbonyl (C=O) groups excluding carboxylic acids is 1. The van der Waals surface area contributed by atoms with Crippen LogP contribution in [0.4, 0.5) is 0 Å². The topological polar surface area (TPSA) is 36.4 Å². The number of amides is 1. The fourth-order valence-corrected chi connectivity index (χ4v) is 5.40. The lowest BCUT2D eigenvalue weighted by Crippen LogP contribution is -2.30. The van der Waals surface area contributed by atoms with E-state index in [1.807, 2.05) is 43.1 Å². The first-order valence-electron chi connectivity index (χ1n) is 13.4. The lowest BCUT2D eigenvalue weighted by molar-refractivity contribution is 0.0773. The van der Waals surface area contributed by atoms with Gasteiger partial charge in [0, 0.05) is 55.4 Å². The second-order valence-electron chi connectivity index (χ2n) is 9.68. The van der Waals surface area contributed by atoms with Crippen molar-refractivity contribution in [3.05, 3.63) is 119 Å². The van der Waals surface area contributed by atoms with Crippen molar-refractivity contribution < 1.29 is 4.79 Å². The number of carbonyl (C=O) groups is 1. The van der Waals surface area contributed by atoms with Gasteiger partial charge in [-0.15, -0.1) is 0 Å². The number of para-hydroxylation sites is 1. The molecule has 188 valence electrons. The van der Waals surface area contributed by atoms with Crippen molar-refractivity contribution >= 4 is 22.4 Å². The Kier molecular flexibility index (Phi) is 7.76. The van der Waals surface area contributed by atoms with Crippen LogP contribution in [0.3, 0.4) is 0 Å². The molecule has 0 atom stereocenters. The van der Waals surface area contributed by atoms with Gasteiger partial charge in [0.05, 0.1) is 5.52 Å². The molecule has 1 aliphatic rings. The average molecular weight is 490 g/mol. The molecule has 0 saturated carbocycles. The molecule has 1 saturated heterocycles. The first-order valence-corrected chi connectivity index (χ1v) is 13.4. The summed E-state index contributed by atoms with van der Waals surface area (Å²) in [6.45, 7) is 8.53. The summed E-state index contributed by atoms with van der Waals surface area (Å²) in [5.74, 6) is 0.0896. The lowest BCUT2D eigenvalue weighted by Gasteiger charge is -2.30. The number of hydrogen-bond donors (Lipinski definition) is 0. The van der Waals surface area contributed by atoms with Crippen LogP contribution in [0.5, 0.6) is 0 Å². The molecule has 0 spiro atoms. The van der Waals surface area contributed by atoms with Crippen molar-refractivity contribution in [2.45, 2.75) is 33.2 Å². The predicted octanol–water partition coefficient (Wildman–Crippen LogP) is 6.81. The third kappa shape index (κ3) is 5.50. The summed E-state index contributed by atoms with van der Waals surface area (Å²) < 4.78 is 0. The van der Waals surface area contributed by atoms with Crippen LogP contribution in [0, 0.1) is 0 Å². The summed E-state index contributed by atoms with van der Waals surface area (Å²) in [5, 5.41) is 1.15. The number of piperidine rings is 1. The Bertz CT molecular complexity index is 1370. The van der Waals surface area contributed by atoms with Crippen LogP contribution in [0.15, 0.2) is 96.7 Å². The van der Waals surface area contributed by atoms with Crippen LogP contribution in [0.1, 0.15) is 53.7 Å². The molecular formula is C33H35N3O. The van der Waals surface area contributed by atoms with Crippen molar-refractivity contribution in [2.75, 3.05) is 26.2 Å². The Balaban J connectivity index is 1.50. The summed E-state index contributed by atoms with van der Waals surface area (Å²) in [4.78, 5) is 22.1. The van der Waals surface area contributed by atoms with Crippen LogP contribution in [-0.4, -0.2) is 46.9 Å². The van der Waals surface area contributed by atoms with Crippen molar-refractivity contribution in [3.8, 4) is 0 Å². The maximum absolute atomic E-state index is 12.9. The van der Waals surface area contributed by atoms with Gasteiger partial charge in [0.1, 0.15) is 0 Å². The molecule has 0 N–H and O–H groups in total. The van der Waals surface area contributed by atoms with E-state index in [1.165, 1.54) is 22.3 Å². The van der Waals surface area contributed by atoms with Crippen LogP contribution < -0.4 is 0 Å². The summed E-state index contributed by atoms with van der Waals surface area (Å²) in [6, 6.07) is 29.5. The number of benzene rings is 3. The molecular weight excluding hydrogens is 454 g/mol. The second-order valence-corrected chi connectivity index (χ2v) is 9.68. The summed E-state index contributed by atoms with van der Waals surface area (Å²) in [5.41, 5.74) is 8.19. The van der Waals surface area contributed by atoms with Crippen molar-refractivity contribution in [3.63, 3.8) is 0 Å². The van der Waals surface area contributed by atoms with Crippen molar-refractivity contribution in [2.24, 2.45) is 0 Å². The van der Waals surface area contributed by atoms with E-state index in [0.717, 1.165) is 54.5 Å². The molecule has 37 heavy (non-hydrogen) atoms. The highest BCUT2D eigenvalue weighted by atomic mass is 16.2. The molecule has 4 aromatic rings. The number of aromatic nitrogens is 1. The first-order chi connectivity index (χ1) is 18.2. The van der Waals surface area contributed by atoms with E-state index in [9.17, 15) is 4.79 Å². The van der Waals surface area contributed by atoms with Gasteiger partial charge < -0.3 is 4.90 Å². The normalized spacial score (nSPS) is 14.1. The third-order valence-corrected chi connectivity index (χ3v) is 7.44. The maximum atomic E-state index is 12.9. The van der Waals surface area contributed by atoms with E-state index in [0.29, 0.717) is 13.1 Å².